The summed E-state index contributed by atoms with van der Waals surface area (Å²) in [6.07, 6.45) is 1.60. The van der Waals surface area contributed by atoms with Gasteiger partial charge in [-0.3, -0.25) is 0 Å². The minimum Gasteiger partial charge on any atom is -0.391 e. The molecule has 0 aliphatic carbocycles. The van der Waals surface area contributed by atoms with Gasteiger partial charge < -0.3 is 5.11 Å². The zero-order valence-electron chi connectivity index (χ0n) is 7.54. The minimum atomic E-state index is -0.458. The molecule has 0 aliphatic rings. The summed E-state index contributed by atoms with van der Waals surface area (Å²) in [5.41, 5.74) is 0. The molecule has 0 heterocycles. The molecular weight excluding hydrogens is 138 g/mol. The second-order valence-corrected chi connectivity index (χ2v) is 3.17. The topological polar surface area (TPSA) is 44.0 Å². The zero-order valence-corrected chi connectivity index (χ0v) is 7.54. The monoisotopic (exact) mass is 155 g/mol. The molecule has 0 aliphatic heterocycles. The summed E-state index contributed by atoms with van der Waals surface area (Å²) in [7, 11) is 0. The van der Waals surface area contributed by atoms with Crippen molar-refractivity contribution in [2.75, 3.05) is 0 Å². The van der Waals surface area contributed by atoms with Gasteiger partial charge in [0.05, 0.1) is 18.1 Å². The Balaban J connectivity index is 3.82. The summed E-state index contributed by atoms with van der Waals surface area (Å²) in [6.45, 7) is 5.83. The van der Waals surface area contributed by atoms with Crippen molar-refractivity contribution in [2.24, 2.45) is 11.8 Å². The molecule has 0 saturated carbocycles. The molecule has 3 atom stereocenters. The van der Waals surface area contributed by atoms with Crippen LogP contribution in [0, 0.1) is 23.2 Å². The average Bonchev–Trinajstić information content (AvgIpc) is 2.02. The lowest BCUT2D eigenvalue weighted by Gasteiger charge is -2.19. The SMILES string of the molecule is CCCC(C)C(O)C(C)C#N. The highest BCUT2D eigenvalue weighted by Gasteiger charge is 2.19. The van der Waals surface area contributed by atoms with Crippen LogP contribution in [-0.2, 0) is 0 Å². The van der Waals surface area contributed by atoms with E-state index in [1.165, 1.54) is 0 Å². The van der Waals surface area contributed by atoms with Crippen LogP contribution in [0.25, 0.3) is 0 Å². The maximum atomic E-state index is 9.49. The van der Waals surface area contributed by atoms with Gasteiger partial charge in [-0.25, -0.2) is 0 Å². The van der Waals surface area contributed by atoms with E-state index in [0.717, 1.165) is 12.8 Å². The minimum absolute atomic E-state index is 0.239. The van der Waals surface area contributed by atoms with Crippen LogP contribution < -0.4 is 0 Å². The Kier molecular flexibility index (Phi) is 4.89. The number of aliphatic hydroxyl groups is 1. The Morgan fingerprint density at radius 3 is 2.36 bits per heavy atom. The Morgan fingerprint density at radius 2 is 2.00 bits per heavy atom. The van der Waals surface area contributed by atoms with Gasteiger partial charge in [-0.2, -0.15) is 5.26 Å². The molecule has 2 heteroatoms. The molecule has 0 bridgehead atoms. The van der Waals surface area contributed by atoms with Gasteiger partial charge in [-0.05, 0) is 19.3 Å². The van der Waals surface area contributed by atoms with E-state index in [1.54, 1.807) is 6.92 Å². The summed E-state index contributed by atoms with van der Waals surface area (Å²) >= 11 is 0. The second-order valence-electron chi connectivity index (χ2n) is 3.17. The number of aliphatic hydroxyl groups excluding tert-OH is 1. The first-order valence-electron chi connectivity index (χ1n) is 4.21. The summed E-state index contributed by atoms with van der Waals surface area (Å²) < 4.78 is 0. The highest BCUT2D eigenvalue weighted by atomic mass is 16.3. The normalized spacial score (nSPS) is 18.5. The van der Waals surface area contributed by atoms with E-state index in [0.29, 0.717) is 0 Å². The van der Waals surface area contributed by atoms with Crippen LogP contribution in [0.15, 0.2) is 0 Å². The number of rotatable bonds is 4. The maximum absolute atomic E-state index is 9.49. The highest BCUT2D eigenvalue weighted by molar-refractivity contribution is 4.86. The van der Waals surface area contributed by atoms with Gasteiger partial charge in [-0.1, -0.05) is 20.3 Å². The molecule has 0 rings (SSSR count). The van der Waals surface area contributed by atoms with Crippen LogP contribution in [-0.4, -0.2) is 11.2 Å². The lowest BCUT2D eigenvalue weighted by Crippen LogP contribution is -2.24. The summed E-state index contributed by atoms with van der Waals surface area (Å²) in [6, 6.07) is 2.05. The van der Waals surface area contributed by atoms with E-state index < -0.39 is 6.10 Å². The smallest absolute Gasteiger partial charge is 0.0721 e. The van der Waals surface area contributed by atoms with Gasteiger partial charge in [0.15, 0.2) is 0 Å². The van der Waals surface area contributed by atoms with Crippen molar-refractivity contribution in [3.63, 3.8) is 0 Å². The number of hydrogen-bond donors (Lipinski definition) is 1. The van der Waals surface area contributed by atoms with Crippen molar-refractivity contribution >= 4 is 0 Å². The van der Waals surface area contributed by atoms with E-state index in [9.17, 15) is 5.11 Å². The van der Waals surface area contributed by atoms with Crippen molar-refractivity contribution in [3.05, 3.63) is 0 Å². The van der Waals surface area contributed by atoms with E-state index in [-0.39, 0.29) is 11.8 Å². The first kappa shape index (κ1) is 10.4. The van der Waals surface area contributed by atoms with Crippen molar-refractivity contribution in [3.8, 4) is 6.07 Å². The largest absolute Gasteiger partial charge is 0.391 e. The van der Waals surface area contributed by atoms with Gasteiger partial charge in [-0.15, -0.1) is 0 Å². The van der Waals surface area contributed by atoms with Crippen LogP contribution in [0.1, 0.15) is 33.6 Å². The van der Waals surface area contributed by atoms with Crippen LogP contribution in [0.4, 0.5) is 0 Å². The quantitative estimate of drug-likeness (QED) is 0.674. The molecule has 1 N–H and O–H groups in total. The molecule has 11 heavy (non-hydrogen) atoms. The first-order valence-corrected chi connectivity index (χ1v) is 4.21. The molecule has 0 aromatic carbocycles. The first-order chi connectivity index (χ1) is 5.13. The third-order valence-corrected chi connectivity index (χ3v) is 2.04. The van der Waals surface area contributed by atoms with Crippen molar-refractivity contribution in [2.45, 2.75) is 39.7 Å². The molecular formula is C9H17NO. The predicted octanol–water partition coefficient (Wildman–Crippen LogP) is 1.94. The Hall–Kier alpha value is -0.550. The van der Waals surface area contributed by atoms with Gasteiger partial charge >= 0.3 is 0 Å². The van der Waals surface area contributed by atoms with E-state index >= 15 is 0 Å². The average molecular weight is 155 g/mol. The van der Waals surface area contributed by atoms with Gasteiger partial charge in [0.2, 0.25) is 0 Å². The Labute approximate surface area is 68.8 Å². The standard InChI is InChI=1S/C9H17NO/c1-4-5-7(2)9(11)8(3)6-10/h7-9,11H,4-5H2,1-3H3. The number of nitriles is 1. The lowest BCUT2D eigenvalue weighted by molar-refractivity contribution is 0.0812. The van der Waals surface area contributed by atoms with Crippen molar-refractivity contribution < 1.29 is 5.11 Å². The Morgan fingerprint density at radius 1 is 1.45 bits per heavy atom. The third-order valence-electron chi connectivity index (χ3n) is 2.04. The fourth-order valence-electron chi connectivity index (χ4n) is 1.20. The molecule has 3 unspecified atom stereocenters. The molecule has 64 valence electrons. The molecule has 0 aromatic rings. The maximum Gasteiger partial charge on any atom is 0.0721 e. The van der Waals surface area contributed by atoms with Gasteiger partial charge in [0, 0.05) is 0 Å². The van der Waals surface area contributed by atoms with Crippen LogP contribution in [0.3, 0.4) is 0 Å². The third kappa shape index (κ3) is 3.38. The van der Waals surface area contributed by atoms with E-state index in [2.05, 4.69) is 13.0 Å². The van der Waals surface area contributed by atoms with Crippen LogP contribution >= 0.6 is 0 Å². The predicted molar refractivity (Wildman–Crippen MR) is 44.9 cm³/mol. The number of nitrogens with zero attached hydrogens (tertiary/aromatic N) is 1. The van der Waals surface area contributed by atoms with Crippen molar-refractivity contribution in [1.29, 1.82) is 5.26 Å². The second kappa shape index (κ2) is 5.15. The molecule has 0 radical (unpaired) electrons. The van der Waals surface area contributed by atoms with E-state index in [1.807, 2.05) is 6.92 Å². The van der Waals surface area contributed by atoms with Crippen molar-refractivity contribution in [1.82, 2.24) is 0 Å². The molecule has 0 aromatic heterocycles. The fraction of sp³-hybridized carbons (Fsp3) is 0.889. The van der Waals surface area contributed by atoms with Crippen LogP contribution in [0.5, 0.6) is 0 Å². The molecule has 0 amide bonds. The summed E-state index contributed by atoms with van der Waals surface area (Å²) in [4.78, 5) is 0. The lowest BCUT2D eigenvalue weighted by atomic mass is 9.91. The molecule has 0 fully saturated rings. The van der Waals surface area contributed by atoms with E-state index in [4.69, 9.17) is 5.26 Å². The molecule has 0 spiro atoms. The summed E-state index contributed by atoms with van der Waals surface area (Å²) in [5, 5.41) is 18.0. The zero-order chi connectivity index (χ0) is 8.85. The number of hydrogen-bond acceptors (Lipinski definition) is 2. The van der Waals surface area contributed by atoms with Gasteiger partial charge in [0.1, 0.15) is 0 Å². The van der Waals surface area contributed by atoms with Crippen LogP contribution in [0.2, 0.25) is 0 Å². The van der Waals surface area contributed by atoms with Gasteiger partial charge in [0.25, 0.3) is 0 Å². The molecule has 0 saturated heterocycles. The highest BCUT2D eigenvalue weighted by Crippen LogP contribution is 2.16. The Bertz CT molecular complexity index is 139. The molecule has 2 nitrogen and oxygen atoms in total. The fourth-order valence-corrected chi connectivity index (χ4v) is 1.20. The summed E-state index contributed by atoms with van der Waals surface area (Å²) in [5.74, 6) is 0.00574.